The molecule has 0 aromatic carbocycles. The number of hydrogen-bond donors (Lipinski definition) is 1. The number of nitrogen functional groups attached to an aromatic ring is 1. The van der Waals surface area contributed by atoms with Crippen molar-refractivity contribution in [2.75, 3.05) is 5.73 Å². The second-order valence-electron chi connectivity index (χ2n) is 5.60. The summed E-state index contributed by atoms with van der Waals surface area (Å²) < 4.78 is 2.77. The van der Waals surface area contributed by atoms with Crippen molar-refractivity contribution < 1.29 is 0 Å². The molecule has 2 N–H and O–H groups in total. The molecular weight excluding hydrogens is 316 g/mol. The van der Waals surface area contributed by atoms with Gasteiger partial charge in [-0.05, 0) is 22.0 Å². The fraction of sp³-hybridized carbons (Fsp3) is 0.333. The van der Waals surface area contributed by atoms with Gasteiger partial charge in [0.15, 0.2) is 0 Å². The number of terminal acetylenes is 1. The van der Waals surface area contributed by atoms with Gasteiger partial charge in [0.25, 0.3) is 0 Å². The summed E-state index contributed by atoms with van der Waals surface area (Å²) in [5.41, 5.74) is 7.69. The first-order valence-corrected chi connectivity index (χ1v) is 7.04. The largest absolute Gasteiger partial charge is 0.383 e. The van der Waals surface area contributed by atoms with E-state index in [4.69, 9.17) is 17.1 Å². The van der Waals surface area contributed by atoms with E-state index in [9.17, 15) is 0 Å². The monoisotopic (exact) mass is 332 g/mol. The molecule has 0 unspecified atom stereocenters. The van der Waals surface area contributed by atoms with Crippen LogP contribution in [0.1, 0.15) is 26.6 Å². The van der Waals surface area contributed by atoms with E-state index in [0.717, 1.165) is 21.6 Å². The average Bonchev–Trinajstić information content (AvgIpc) is 2.68. The number of halogens is 1. The van der Waals surface area contributed by atoms with Crippen molar-refractivity contribution >= 4 is 21.7 Å². The Hall–Kier alpha value is -1.80. The van der Waals surface area contributed by atoms with Gasteiger partial charge in [-0.15, -0.1) is 6.42 Å². The number of aromatic nitrogens is 3. The molecule has 0 saturated heterocycles. The van der Waals surface area contributed by atoms with Gasteiger partial charge in [0.1, 0.15) is 17.3 Å². The molecule has 0 spiro atoms. The Balaban J connectivity index is 2.65. The third-order valence-corrected chi connectivity index (χ3v) is 3.34. The molecule has 5 heteroatoms. The number of nitrogens with two attached hydrogens (primary N) is 1. The molecule has 2 aromatic rings. The Kier molecular flexibility index (Phi) is 3.87. The van der Waals surface area contributed by atoms with Crippen molar-refractivity contribution in [3.05, 3.63) is 28.8 Å². The second kappa shape index (κ2) is 5.29. The highest BCUT2D eigenvalue weighted by molar-refractivity contribution is 9.10. The normalized spacial score (nSPS) is 11.3. The summed E-state index contributed by atoms with van der Waals surface area (Å²) in [6.45, 7) is 6.67. The van der Waals surface area contributed by atoms with Crippen molar-refractivity contribution in [3.63, 3.8) is 0 Å². The number of imidazole rings is 1. The maximum atomic E-state index is 6.23. The number of rotatable bonds is 2. The fourth-order valence-corrected chi connectivity index (χ4v) is 2.41. The van der Waals surface area contributed by atoms with E-state index in [-0.39, 0.29) is 5.41 Å². The molecule has 20 heavy (non-hydrogen) atoms. The van der Waals surface area contributed by atoms with Gasteiger partial charge in [-0.25, -0.2) is 4.98 Å². The van der Waals surface area contributed by atoms with E-state index >= 15 is 0 Å². The van der Waals surface area contributed by atoms with Crippen LogP contribution in [-0.4, -0.2) is 14.5 Å². The minimum absolute atomic E-state index is 0.136. The summed E-state index contributed by atoms with van der Waals surface area (Å²) in [4.78, 5) is 8.85. The third kappa shape index (κ3) is 2.70. The summed E-state index contributed by atoms with van der Waals surface area (Å²) in [5, 5.41) is 0. The van der Waals surface area contributed by atoms with Gasteiger partial charge in [0.05, 0.1) is 6.54 Å². The van der Waals surface area contributed by atoms with E-state index in [1.807, 2.05) is 10.6 Å². The average molecular weight is 333 g/mol. The predicted molar refractivity (Wildman–Crippen MR) is 85.1 cm³/mol. The van der Waals surface area contributed by atoms with Gasteiger partial charge in [-0.3, -0.25) is 4.98 Å². The molecule has 0 aliphatic heterocycles. The first kappa shape index (κ1) is 14.6. The van der Waals surface area contributed by atoms with Crippen molar-refractivity contribution in [2.45, 2.75) is 32.7 Å². The molecular formula is C15H17BrN4. The quantitative estimate of drug-likeness (QED) is 0.859. The molecule has 0 fully saturated rings. The lowest BCUT2D eigenvalue weighted by atomic mass is 9.95. The number of nitrogens with zero attached hydrogens (tertiary/aromatic N) is 3. The summed E-state index contributed by atoms with van der Waals surface area (Å²) in [7, 11) is 0. The molecule has 2 aromatic heterocycles. The zero-order chi connectivity index (χ0) is 14.9. The molecule has 0 amide bonds. The Morgan fingerprint density at radius 2 is 2.10 bits per heavy atom. The summed E-state index contributed by atoms with van der Waals surface area (Å²) in [6.07, 6.45) is 8.91. The number of pyridine rings is 1. The molecule has 0 aliphatic rings. The van der Waals surface area contributed by atoms with Crippen LogP contribution in [-0.2, 0) is 12.0 Å². The van der Waals surface area contributed by atoms with E-state index in [1.165, 1.54) is 0 Å². The Morgan fingerprint density at radius 3 is 2.65 bits per heavy atom. The van der Waals surface area contributed by atoms with Gasteiger partial charge >= 0.3 is 0 Å². The molecule has 0 saturated carbocycles. The van der Waals surface area contributed by atoms with Crippen LogP contribution in [0.25, 0.3) is 11.3 Å². The van der Waals surface area contributed by atoms with Gasteiger partial charge in [0.2, 0.25) is 0 Å². The highest BCUT2D eigenvalue weighted by Crippen LogP contribution is 2.32. The summed E-state index contributed by atoms with van der Waals surface area (Å²) in [6, 6.07) is 1.94. The molecule has 104 valence electrons. The molecule has 4 nitrogen and oxygen atoms in total. The Labute approximate surface area is 127 Å². The molecule has 0 bridgehead atoms. The topological polar surface area (TPSA) is 56.7 Å². The van der Waals surface area contributed by atoms with Crippen molar-refractivity contribution in [3.8, 4) is 23.6 Å². The van der Waals surface area contributed by atoms with Crippen LogP contribution in [0.3, 0.4) is 0 Å². The lowest BCUT2D eigenvalue weighted by Gasteiger charge is -2.18. The third-order valence-electron chi connectivity index (χ3n) is 2.91. The second-order valence-corrected chi connectivity index (χ2v) is 6.52. The van der Waals surface area contributed by atoms with Crippen molar-refractivity contribution in [1.29, 1.82) is 0 Å². The van der Waals surface area contributed by atoms with E-state index < -0.39 is 0 Å². The Bertz CT molecular complexity index is 674. The maximum absolute atomic E-state index is 6.23. The maximum Gasteiger partial charge on any atom is 0.132 e. The fourth-order valence-electron chi connectivity index (χ4n) is 2.04. The minimum Gasteiger partial charge on any atom is -0.383 e. The van der Waals surface area contributed by atoms with Gasteiger partial charge in [-0.2, -0.15) is 0 Å². The Morgan fingerprint density at radius 1 is 1.40 bits per heavy atom. The van der Waals surface area contributed by atoms with Crippen LogP contribution in [0.2, 0.25) is 0 Å². The van der Waals surface area contributed by atoms with Crippen LogP contribution in [0.4, 0.5) is 5.82 Å². The molecule has 0 radical (unpaired) electrons. The highest BCUT2D eigenvalue weighted by Gasteiger charge is 2.25. The van der Waals surface area contributed by atoms with Crippen LogP contribution >= 0.6 is 15.9 Å². The van der Waals surface area contributed by atoms with Crippen LogP contribution in [0, 0.1) is 12.3 Å². The summed E-state index contributed by atoms with van der Waals surface area (Å²) in [5.74, 6) is 4.09. The molecule has 0 aliphatic carbocycles. The SMILES string of the molecule is C#CCn1c(C(C)(C)C)nc(-c2cncc(Br)c2)c1N. The lowest BCUT2D eigenvalue weighted by Crippen LogP contribution is -2.19. The summed E-state index contributed by atoms with van der Waals surface area (Å²) >= 11 is 3.41. The van der Waals surface area contributed by atoms with E-state index in [1.54, 1.807) is 12.4 Å². The zero-order valence-electron chi connectivity index (χ0n) is 11.8. The van der Waals surface area contributed by atoms with E-state index in [2.05, 4.69) is 47.6 Å². The standard InChI is InChI=1S/C15H17BrN4/c1-5-6-20-13(17)12(19-14(20)15(2,3)4)10-7-11(16)9-18-8-10/h1,7-9H,6,17H2,2-4H3. The van der Waals surface area contributed by atoms with Crippen molar-refractivity contribution in [2.24, 2.45) is 0 Å². The predicted octanol–water partition coefficient (Wildman–Crippen LogP) is 3.22. The van der Waals surface area contributed by atoms with Gasteiger partial charge in [0, 0.05) is 27.8 Å². The molecule has 0 atom stereocenters. The zero-order valence-corrected chi connectivity index (χ0v) is 13.4. The van der Waals surface area contributed by atoms with Crippen LogP contribution in [0.5, 0.6) is 0 Å². The number of anilines is 1. The van der Waals surface area contributed by atoms with Gasteiger partial charge in [-0.1, -0.05) is 26.7 Å². The van der Waals surface area contributed by atoms with Crippen molar-refractivity contribution in [1.82, 2.24) is 14.5 Å². The van der Waals surface area contributed by atoms with Gasteiger partial charge < -0.3 is 10.3 Å². The van der Waals surface area contributed by atoms with Crippen LogP contribution in [0.15, 0.2) is 22.9 Å². The molecule has 2 rings (SSSR count). The minimum atomic E-state index is -0.136. The van der Waals surface area contributed by atoms with E-state index in [0.29, 0.717) is 12.4 Å². The van der Waals surface area contributed by atoms with Crippen LogP contribution < -0.4 is 5.73 Å². The highest BCUT2D eigenvalue weighted by atomic mass is 79.9. The first-order valence-electron chi connectivity index (χ1n) is 6.25. The smallest absolute Gasteiger partial charge is 0.132 e. The number of hydrogen-bond acceptors (Lipinski definition) is 3. The molecule has 2 heterocycles. The lowest BCUT2D eigenvalue weighted by molar-refractivity contribution is 0.517. The first-order chi connectivity index (χ1) is 9.34.